The van der Waals surface area contributed by atoms with E-state index in [1.807, 2.05) is 149 Å². The Labute approximate surface area is 379 Å². The lowest BCUT2D eigenvalue weighted by Gasteiger charge is -2.37. The number of rotatable bonds is 12. The van der Waals surface area contributed by atoms with Crippen LogP contribution in [0.25, 0.3) is 0 Å². The van der Waals surface area contributed by atoms with Crippen LogP contribution in [0.1, 0.15) is 52.0 Å². The van der Waals surface area contributed by atoms with E-state index in [9.17, 15) is 9.90 Å². The van der Waals surface area contributed by atoms with E-state index < -0.39 is 13.7 Å². The largest absolute Gasteiger partial charge is 0.497 e. The number of carbonyl (C=O) groups excluding carboxylic acids is 2. The zero-order valence-electron chi connectivity index (χ0n) is 36.9. The number of anilines is 3. The van der Waals surface area contributed by atoms with Gasteiger partial charge in [0.05, 0.1) is 63.0 Å². The van der Waals surface area contributed by atoms with Crippen molar-refractivity contribution in [2.75, 3.05) is 23.5 Å². The van der Waals surface area contributed by atoms with Gasteiger partial charge < -0.3 is 24.2 Å². The first-order valence-corrected chi connectivity index (χ1v) is 25.3. The second kappa shape index (κ2) is 16.9. The summed E-state index contributed by atoms with van der Waals surface area (Å²) in [6, 6.07) is 48.9. The van der Waals surface area contributed by atoms with Crippen LogP contribution in [-0.4, -0.2) is 59.8 Å². The number of hydrogen-bond donors (Lipinski definition) is 1. The first-order chi connectivity index (χ1) is 31.6. The van der Waals surface area contributed by atoms with Crippen molar-refractivity contribution < 1.29 is 28.9 Å². The zero-order valence-corrected chi connectivity index (χ0v) is 37.9. The Morgan fingerprint density at radius 3 is 2.29 bits per heavy atom. The van der Waals surface area contributed by atoms with Crippen LogP contribution < -0.4 is 24.5 Å². The number of para-hydroxylation sites is 4. The maximum absolute atomic E-state index is 15.6. The number of benzene rings is 6. The molecule has 65 heavy (non-hydrogen) atoms. The van der Waals surface area contributed by atoms with Gasteiger partial charge in [-0.25, -0.2) is 0 Å². The van der Waals surface area contributed by atoms with Gasteiger partial charge in [-0.1, -0.05) is 127 Å². The molecule has 0 bridgehead atoms. The Kier molecular flexibility index (Phi) is 11.0. The van der Waals surface area contributed by atoms with Crippen LogP contribution in [0.5, 0.6) is 17.2 Å². The van der Waals surface area contributed by atoms with Gasteiger partial charge in [0.15, 0.2) is 11.4 Å². The second-order valence-electron chi connectivity index (χ2n) is 17.8. The highest BCUT2D eigenvalue weighted by Gasteiger charge is 2.66. The van der Waals surface area contributed by atoms with Crippen LogP contribution in [0.4, 0.5) is 17.1 Å². The van der Waals surface area contributed by atoms with Crippen LogP contribution in [-0.2, 0) is 28.2 Å². The van der Waals surface area contributed by atoms with Gasteiger partial charge in [-0.05, 0) is 77.7 Å². The molecule has 1 saturated heterocycles. The van der Waals surface area contributed by atoms with Gasteiger partial charge in [0.2, 0.25) is 0 Å². The first-order valence-electron chi connectivity index (χ1n) is 22.2. The lowest BCUT2D eigenvalue weighted by molar-refractivity contribution is -0.146. The van der Waals surface area contributed by atoms with E-state index in [-0.39, 0.29) is 48.4 Å². The summed E-state index contributed by atoms with van der Waals surface area (Å²) in [5.41, 5.74) is 4.74. The minimum Gasteiger partial charge on any atom is -0.497 e. The number of nitrogens with zero attached hydrogens (tertiary/aromatic N) is 5. The molecular weight excluding hydrogens is 831 g/mol. The Balaban J connectivity index is 0.988. The number of aliphatic hydroxyl groups excluding tert-OH is 1. The number of carbonyl (C=O) groups is 2. The van der Waals surface area contributed by atoms with Gasteiger partial charge >= 0.3 is 0 Å². The zero-order chi connectivity index (χ0) is 44.9. The third kappa shape index (κ3) is 7.22. The summed E-state index contributed by atoms with van der Waals surface area (Å²) in [6.07, 6.45) is 2.21. The average molecular weight is 882 g/mol. The maximum atomic E-state index is 15.6. The minimum atomic E-state index is -2.42. The van der Waals surface area contributed by atoms with Crippen LogP contribution in [0.2, 0.25) is 18.6 Å². The Morgan fingerprint density at radius 2 is 1.52 bits per heavy atom. The van der Waals surface area contributed by atoms with Crippen molar-refractivity contribution in [3.05, 3.63) is 186 Å². The number of aliphatic hydroxyl groups is 1. The molecule has 0 aliphatic carbocycles. The predicted molar refractivity (Wildman–Crippen MR) is 253 cm³/mol. The summed E-state index contributed by atoms with van der Waals surface area (Å²) < 4.78 is 21.1. The number of ether oxygens (including phenoxy) is 3. The summed E-state index contributed by atoms with van der Waals surface area (Å²) in [4.78, 5) is 33.5. The number of methoxy groups -OCH3 is 1. The van der Waals surface area contributed by atoms with Gasteiger partial charge in [-0.15, -0.1) is 5.10 Å². The molecule has 7 aromatic rings. The van der Waals surface area contributed by atoms with Crippen LogP contribution >= 0.6 is 0 Å². The van der Waals surface area contributed by atoms with E-state index >= 15 is 4.79 Å². The lowest BCUT2D eigenvalue weighted by atomic mass is 9.82. The van der Waals surface area contributed by atoms with Crippen molar-refractivity contribution in [1.29, 1.82) is 0 Å². The summed E-state index contributed by atoms with van der Waals surface area (Å²) in [7, 11) is -0.743. The van der Waals surface area contributed by atoms with Crippen molar-refractivity contribution in [3.63, 3.8) is 0 Å². The molecule has 5 atom stereocenters. The Morgan fingerprint density at radius 1 is 0.815 bits per heavy atom. The molecule has 3 aliphatic rings. The molecule has 1 fully saturated rings. The number of aromatic nitrogens is 3. The smallest absolute Gasteiger partial charge is 0.266 e. The summed E-state index contributed by atoms with van der Waals surface area (Å²) in [5, 5.41) is 20.7. The molecule has 0 saturated carbocycles. The molecule has 3 aliphatic heterocycles. The molecular formula is C53H51N5O6Si. The molecule has 328 valence electrons. The Hall–Kier alpha value is -6.86. The quantitative estimate of drug-likeness (QED) is 0.121. The average Bonchev–Trinajstić information content (AvgIpc) is 3.97. The number of fused-ring (bicyclic) bond motifs is 4. The van der Waals surface area contributed by atoms with Crippen molar-refractivity contribution in [2.24, 2.45) is 5.92 Å². The van der Waals surface area contributed by atoms with E-state index in [1.165, 1.54) is 5.19 Å². The molecule has 1 aromatic heterocycles. The van der Waals surface area contributed by atoms with Gasteiger partial charge in [0.25, 0.3) is 11.8 Å². The van der Waals surface area contributed by atoms with Gasteiger partial charge in [0, 0.05) is 29.9 Å². The molecule has 12 heteroatoms. The van der Waals surface area contributed by atoms with Crippen molar-refractivity contribution >= 4 is 42.1 Å². The molecule has 1 N–H and O–H groups in total. The SMILES string of the molecule is COc1ccc([Si](C)(C)[C@H]2[C@H](CCn3cc(C(CO)c4ccccc4)nn3)O[C@@]3(C(=O)N(Cc4cccc(N5C(=O)c6ccccc6Oc6ccccc65)c4)c4ccccc43)[C@@H]2C)cc1. The van der Waals surface area contributed by atoms with Gasteiger partial charge in [-0.2, -0.15) is 0 Å². The first kappa shape index (κ1) is 42.1. The summed E-state index contributed by atoms with van der Waals surface area (Å²) in [5.74, 6) is 1.07. The van der Waals surface area contributed by atoms with Crippen LogP contribution in [0, 0.1) is 5.92 Å². The molecule has 10 rings (SSSR count). The van der Waals surface area contributed by atoms with Crippen molar-refractivity contribution in [1.82, 2.24) is 15.0 Å². The second-order valence-corrected chi connectivity index (χ2v) is 22.5. The van der Waals surface area contributed by atoms with E-state index in [4.69, 9.17) is 14.2 Å². The van der Waals surface area contributed by atoms with Crippen LogP contribution in [0.15, 0.2) is 158 Å². The van der Waals surface area contributed by atoms with Gasteiger partial charge in [0.1, 0.15) is 11.5 Å². The Bertz CT molecular complexity index is 2890. The summed E-state index contributed by atoms with van der Waals surface area (Å²) >= 11 is 0. The highest BCUT2D eigenvalue weighted by Crippen LogP contribution is 2.60. The number of hydrogen-bond acceptors (Lipinski definition) is 8. The number of aryl methyl sites for hydroxylation is 1. The molecule has 1 unspecified atom stereocenters. The minimum absolute atomic E-state index is 0.0212. The normalized spacial score (nSPS) is 20.5. The van der Waals surface area contributed by atoms with E-state index in [1.54, 1.807) is 18.1 Å². The molecule has 4 heterocycles. The highest BCUT2D eigenvalue weighted by atomic mass is 28.3. The monoisotopic (exact) mass is 881 g/mol. The van der Waals surface area contributed by atoms with E-state index in [0.29, 0.717) is 47.1 Å². The highest BCUT2D eigenvalue weighted by molar-refractivity contribution is 6.91. The van der Waals surface area contributed by atoms with E-state index in [2.05, 4.69) is 42.5 Å². The molecule has 2 amide bonds. The third-order valence-electron chi connectivity index (χ3n) is 13.8. The standard InChI is InChI=1S/C53H51N5O6Si/c1-35-50(65(3,4)40-27-25-39(62-2)26-28-40)49(29-30-56-33-44(54-55-56)42(34-59)37-16-6-5-7-17-37)64-53(35)43-20-9-10-21-45(43)57(52(53)61)32-36-15-14-18-38(31-36)58-46-22-11-13-24-48(46)63-47-23-12-8-19-41(47)51(58)60/h5-28,31,33,35,42,49-50,59H,29-30,32,34H2,1-4H3/t35-,42?,49+,50-,53+/m1/s1. The van der Waals surface area contributed by atoms with Crippen molar-refractivity contribution in [2.45, 2.75) is 62.7 Å². The molecule has 1 spiro atoms. The summed E-state index contributed by atoms with van der Waals surface area (Å²) in [6.45, 7) is 7.65. The van der Waals surface area contributed by atoms with E-state index in [0.717, 1.165) is 28.1 Å². The maximum Gasteiger partial charge on any atom is 0.266 e. The predicted octanol–water partition coefficient (Wildman–Crippen LogP) is 9.35. The number of amides is 2. The fourth-order valence-corrected chi connectivity index (χ4v) is 14.7. The molecule has 11 nitrogen and oxygen atoms in total. The fraction of sp³-hybridized carbons (Fsp3) is 0.245. The topological polar surface area (TPSA) is 119 Å². The van der Waals surface area contributed by atoms with Crippen molar-refractivity contribution in [3.8, 4) is 17.2 Å². The van der Waals surface area contributed by atoms with Crippen LogP contribution in [0.3, 0.4) is 0 Å². The molecule has 0 radical (unpaired) electrons. The lowest BCUT2D eigenvalue weighted by Crippen LogP contribution is -2.51. The third-order valence-corrected chi connectivity index (χ3v) is 18.2. The van der Waals surface area contributed by atoms with Gasteiger partial charge in [-0.3, -0.25) is 19.2 Å². The fourth-order valence-electron chi connectivity index (χ4n) is 10.6. The molecule has 6 aromatic carbocycles.